The Morgan fingerprint density at radius 1 is 1.44 bits per heavy atom. The minimum atomic E-state index is -0.295. The molecule has 0 spiro atoms. The fourth-order valence-electron chi connectivity index (χ4n) is 2.89. The molecule has 2 amide bonds. The lowest BCUT2D eigenvalue weighted by atomic mass is 9.93. The summed E-state index contributed by atoms with van der Waals surface area (Å²) in [6.45, 7) is 2.67. The number of piperidine rings is 1. The predicted octanol–water partition coefficient (Wildman–Crippen LogP) is -0.397. The number of carbonyl (C=O) groups is 2. The number of nitrogens with zero attached hydrogens (tertiary/aromatic N) is 1. The van der Waals surface area contributed by atoms with Crippen molar-refractivity contribution in [3.8, 4) is 0 Å². The molecule has 5 heteroatoms. The predicted molar refractivity (Wildman–Crippen MR) is 59.5 cm³/mol. The van der Waals surface area contributed by atoms with Crippen LogP contribution in [-0.4, -0.2) is 41.4 Å². The quantitative estimate of drug-likeness (QED) is 0.627. The number of rotatable bonds is 2. The Kier molecular flexibility index (Phi) is 3.25. The summed E-state index contributed by atoms with van der Waals surface area (Å²) >= 11 is 0. The van der Waals surface area contributed by atoms with Crippen molar-refractivity contribution in [3.63, 3.8) is 0 Å². The Bertz CT molecular complexity index is 306. The molecule has 0 aromatic heterocycles. The number of carbonyl (C=O) groups excluding carboxylic acids is 2. The molecule has 0 saturated carbocycles. The van der Waals surface area contributed by atoms with E-state index in [1.807, 2.05) is 0 Å². The van der Waals surface area contributed by atoms with Crippen LogP contribution < -0.4 is 11.1 Å². The van der Waals surface area contributed by atoms with E-state index in [9.17, 15) is 9.59 Å². The Balaban J connectivity index is 2.15. The highest BCUT2D eigenvalue weighted by Crippen LogP contribution is 2.27. The van der Waals surface area contributed by atoms with E-state index in [-0.39, 0.29) is 23.9 Å². The zero-order valence-corrected chi connectivity index (χ0v) is 9.61. The van der Waals surface area contributed by atoms with Crippen LogP contribution in [0.2, 0.25) is 0 Å². The van der Waals surface area contributed by atoms with Gasteiger partial charge in [0.25, 0.3) is 0 Å². The van der Waals surface area contributed by atoms with Crippen LogP contribution in [0.25, 0.3) is 0 Å². The fourth-order valence-corrected chi connectivity index (χ4v) is 2.89. The first-order valence-corrected chi connectivity index (χ1v) is 5.94. The number of amides is 2. The lowest BCUT2D eigenvalue weighted by Crippen LogP contribution is -2.55. The second kappa shape index (κ2) is 4.51. The van der Waals surface area contributed by atoms with Crippen molar-refractivity contribution < 1.29 is 9.59 Å². The Morgan fingerprint density at radius 3 is 2.75 bits per heavy atom. The van der Waals surface area contributed by atoms with Crippen LogP contribution in [0.1, 0.15) is 32.6 Å². The molecule has 2 fully saturated rings. The van der Waals surface area contributed by atoms with Crippen LogP contribution in [0.4, 0.5) is 0 Å². The smallest absolute Gasteiger partial charge is 0.244 e. The molecule has 2 saturated heterocycles. The molecule has 16 heavy (non-hydrogen) atoms. The van der Waals surface area contributed by atoms with Crippen LogP contribution >= 0.6 is 0 Å². The lowest BCUT2D eigenvalue weighted by molar-refractivity contribution is -0.127. The van der Waals surface area contributed by atoms with E-state index in [1.54, 1.807) is 0 Å². The number of hydrogen-bond donors (Lipinski definition) is 2. The van der Waals surface area contributed by atoms with Gasteiger partial charge in [-0.1, -0.05) is 6.42 Å². The summed E-state index contributed by atoms with van der Waals surface area (Å²) in [5.41, 5.74) is 5.75. The highest BCUT2D eigenvalue weighted by molar-refractivity contribution is 6.05. The van der Waals surface area contributed by atoms with E-state index in [1.165, 1.54) is 0 Å². The van der Waals surface area contributed by atoms with E-state index in [4.69, 9.17) is 5.73 Å². The highest BCUT2D eigenvalue weighted by Gasteiger charge is 2.41. The standard InChI is InChI=1S/C11H19N3O2/c1-7-3-2-4-8(6-12)14(7)9-5-10(15)13-11(9)16/h7-9H,2-6,12H2,1H3,(H,13,15,16). The minimum Gasteiger partial charge on any atom is -0.329 e. The van der Waals surface area contributed by atoms with E-state index in [0.717, 1.165) is 19.3 Å². The number of imide groups is 1. The van der Waals surface area contributed by atoms with Gasteiger partial charge < -0.3 is 5.73 Å². The molecule has 2 heterocycles. The molecule has 0 aromatic carbocycles. The van der Waals surface area contributed by atoms with Crippen LogP contribution in [0.5, 0.6) is 0 Å². The first kappa shape index (κ1) is 11.5. The summed E-state index contributed by atoms with van der Waals surface area (Å²) in [6.07, 6.45) is 3.55. The Labute approximate surface area is 95.3 Å². The summed E-state index contributed by atoms with van der Waals surface area (Å²) in [6, 6.07) is 0.283. The SMILES string of the molecule is CC1CCCC(CN)N1C1CC(=O)NC1=O. The molecule has 0 aliphatic carbocycles. The van der Waals surface area contributed by atoms with Crippen molar-refractivity contribution in [1.82, 2.24) is 10.2 Å². The molecular formula is C11H19N3O2. The third-order valence-corrected chi connectivity index (χ3v) is 3.67. The molecule has 0 radical (unpaired) electrons. The van der Waals surface area contributed by atoms with Gasteiger partial charge in [0.2, 0.25) is 11.8 Å². The molecule has 2 aliphatic rings. The van der Waals surface area contributed by atoms with Gasteiger partial charge in [-0.3, -0.25) is 19.8 Å². The van der Waals surface area contributed by atoms with Crippen LogP contribution in [0.3, 0.4) is 0 Å². The first-order valence-electron chi connectivity index (χ1n) is 5.94. The van der Waals surface area contributed by atoms with Gasteiger partial charge in [0.15, 0.2) is 0 Å². The van der Waals surface area contributed by atoms with Crippen molar-refractivity contribution in [2.75, 3.05) is 6.54 Å². The van der Waals surface area contributed by atoms with Gasteiger partial charge in [-0.15, -0.1) is 0 Å². The summed E-state index contributed by atoms with van der Waals surface area (Å²) in [4.78, 5) is 25.0. The third kappa shape index (κ3) is 1.97. The van der Waals surface area contributed by atoms with Gasteiger partial charge in [0.1, 0.15) is 0 Å². The maximum atomic E-state index is 11.7. The summed E-state index contributed by atoms with van der Waals surface area (Å²) in [5, 5.41) is 2.37. The summed E-state index contributed by atoms with van der Waals surface area (Å²) in [7, 11) is 0. The summed E-state index contributed by atoms with van der Waals surface area (Å²) in [5.74, 6) is -0.319. The number of likely N-dealkylation sites (tertiary alicyclic amines) is 1. The zero-order valence-electron chi connectivity index (χ0n) is 9.61. The second-order valence-electron chi connectivity index (χ2n) is 4.75. The lowest BCUT2D eigenvalue weighted by Gasteiger charge is -2.42. The van der Waals surface area contributed by atoms with Gasteiger partial charge in [0, 0.05) is 18.6 Å². The van der Waals surface area contributed by atoms with Crippen molar-refractivity contribution in [2.45, 2.75) is 50.7 Å². The van der Waals surface area contributed by atoms with Gasteiger partial charge in [0.05, 0.1) is 12.5 Å². The molecule has 90 valence electrons. The highest BCUT2D eigenvalue weighted by atomic mass is 16.2. The molecule has 2 rings (SSSR count). The fraction of sp³-hybridized carbons (Fsp3) is 0.818. The molecule has 0 bridgehead atoms. The van der Waals surface area contributed by atoms with Crippen LogP contribution in [0.15, 0.2) is 0 Å². The van der Waals surface area contributed by atoms with Crippen molar-refractivity contribution in [3.05, 3.63) is 0 Å². The van der Waals surface area contributed by atoms with Crippen molar-refractivity contribution in [2.24, 2.45) is 5.73 Å². The number of nitrogens with one attached hydrogen (secondary N) is 1. The van der Waals surface area contributed by atoms with Gasteiger partial charge >= 0.3 is 0 Å². The molecule has 0 aromatic rings. The van der Waals surface area contributed by atoms with Gasteiger partial charge in [-0.25, -0.2) is 0 Å². The maximum Gasteiger partial charge on any atom is 0.244 e. The zero-order chi connectivity index (χ0) is 11.7. The molecule has 5 nitrogen and oxygen atoms in total. The topological polar surface area (TPSA) is 75.4 Å². The van der Waals surface area contributed by atoms with Crippen molar-refractivity contribution >= 4 is 11.8 Å². The third-order valence-electron chi connectivity index (χ3n) is 3.67. The Hall–Kier alpha value is -0.940. The molecule has 3 unspecified atom stereocenters. The Morgan fingerprint density at radius 2 is 2.19 bits per heavy atom. The number of nitrogens with two attached hydrogens (primary N) is 1. The van der Waals surface area contributed by atoms with Crippen LogP contribution in [0, 0.1) is 0 Å². The van der Waals surface area contributed by atoms with E-state index in [0.29, 0.717) is 19.0 Å². The molecule has 2 aliphatic heterocycles. The largest absolute Gasteiger partial charge is 0.329 e. The average molecular weight is 225 g/mol. The normalized spacial score (nSPS) is 36.5. The average Bonchev–Trinajstić information content (AvgIpc) is 2.57. The van der Waals surface area contributed by atoms with Crippen LogP contribution in [-0.2, 0) is 9.59 Å². The van der Waals surface area contributed by atoms with Crippen molar-refractivity contribution in [1.29, 1.82) is 0 Å². The van der Waals surface area contributed by atoms with Gasteiger partial charge in [-0.05, 0) is 19.8 Å². The molecule has 3 N–H and O–H groups in total. The van der Waals surface area contributed by atoms with E-state index < -0.39 is 0 Å². The monoisotopic (exact) mass is 225 g/mol. The van der Waals surface area contributed by atoms with E-state index >= 15 is 0 Å². The first-order chi connectivity index (χ1) is 7.63. The van der Waals surface area contributed by atoms with Gasteiger partial charge in [-0.2, -0.15) is 0 Å². The summed E-state index contributed by atoms with van der Waals surface area (Å²) < 4.78 is 0. The molecular weight excluding hydrogens is 206 g/mol. The number of hydrogen-bond acceptors (Lipinski definition) is 4. The molecule has 3 atom stereocenters. The van der Waals surface area contributed by atoms with E-state index in [2.05, 4.69) is 17.1 Å². The minimum absolute atomic E-state index is 0.155. The maximum absolute atomic E-state index is 11.7. The second-order valence-corrected chi connectivity index (χ2v) is 4.75.